The second kappa shape index (κ2) is 12.2. The molecule has 0 radical (unpaired) electrons. The zero-order chi connectivity index (χ0) is 28.1. The van der Waals surface area contributed by atoms with Crippen molar-refractivity contribution in [2.24, 2.45) is 0 Å². The summed E-state index contributed by atoms with van der Waals surface area (Å²) in [6.45, 7) is 6.57. The Kier molecular flexibility index (Phi) is 8.75. The fraction of sp³-hybridized carbons (Fsp3) is 0.414. The Morgan fingerprint density at radius 3 is 2.15 bits per heavy atom. The Morgan fingerprint density at radius 1 is 0.974 bits per heavy atom. The molecule has 0 aliphatic carbocycles. The number of amides is 3. The van der Waals surface area contributed by atoms with Gasteiger partial charge in [0.2, 0.25) is 0 Å². The van der Waals surface area contributed by atoms with Crippen molar-refractivity contribution in [3.8, 4) is 11.5 Å². The van der Waals surface area contributed by atoms with E-state index in [9.17, 15) is 14.4 Å². The highest BCUT2D eigenvalue weighted by Gasteiger charge is 2.38. The van der Waals surface area contributed by atoms with Gasteiger partial charge in [-0.05, 0) is 43.7 Å². The molecule has 1 atom stereocenters. The number of ether oxygens (including phenoxy) is 3. The molecule has 208 valence electrons. The van der Waals surface area contributed by atoms with Gasteiger partial charge in [0.1, 0.15) is 11.5 Å². The summed E-state index contributed by atoms with van der Waals surface area (Å²) >= 11 is 0. The molecule has 0 spiro atoms. The minimum atomic E-state index is -0.754. The summed E-state index contributed by atoms with van der Waals surface area (Å²) in [5.41, 5.74) is 3.33. The highest BCUT2D eigenvalue weighted by Crippen LogP contribution is 2.35. The molecule has 3 amide bonds. The van der Waals surface area contributed by atoms with Crippen LogP contribution in [0.4, 0.5) is 4.79 Å². The summed E-state index contributed by atoms with van der Waals surface area (Å²) in [5.74, 6) is 0.579. The standard InChI is InChI=1S/C29H36N4O6/c1-6-39-28(35)25-24(18-32-11-13-33(14-12-32)27(34)20-9-7-19(2)8-10-20)31(3)29(36)30-26(25)21-15-22(37-4)17-23(16-21)38-5/h7-10,15-17,26H,6,11-14,18H2,1-5H3,(H,30,36). The van der Waals surface area contributed by atoms with Gasteiger partial charge in [-0.15, -0.1) is 0 Å². The normalized spacial score (nSPS) is 18.1. The number of methoxy groups -OCH3 is 2. The first kappa shape index (κ1) is 28.0. The van der Waals surface area contributed by atoms with Gasteiger partial charge in [-0.3, -0.25) is 14.6 Å². The number of rotatable bonds is 8. The van der Waals surface area contributed by atoms with E-state index in [1.54, 1.807) is 46.4 Å². The minimum Gasteiger partial charge on any atom is -0.497 e. The Balaban J connectivity index is 1.60. The molecule has 0 aromatic heterocycles. The third-order valence-corrected chi connectivity index (χ3v) is 7.11. The van der Waals surface area contributed by atoms with Gasteiger partial charge in [-0.1, -0.05) is 17.7 Å². The van der Waals surface area contributed by atoms with Gasteiger partial charge in [0.15, 0.2) is 0 Å². The highest BCUT2D eigenvalue weighted by atomic mass is 16.5. The maximum absolute atomic E-state index is 13.3. The molecular formula is C29H36N4O6. The van der Waals surface area contributed by atoms with Gasteiger partial charge < -0.3 is 24.4 Å². The molecule has 1 N–H and O–H groups in total. The van der Waals surface area contributed by atoms with E-state index in [0.717, 1.165) is 5.56 Å². The zero-order valence-electron chi connectivity index (χ0n) is 23.2. The zero-order valence-corrected chi connectivity index (χ0v) is 23.2. The van der Waals surface area contributed by atoms with Crippen LogP contribution in [0.25, 0.3) is 0 Å². The Hall–Kier alpha value is -4.05. The van der Waals surface area contributed by atoms with Gasteiger partial charge in [-0.2, -0.15) is 0 Å². The van der Waals surface area contributed by atoms with Crippen molar-refractivity contribution in [2.45, 2.75) is 19.9 Å². The van der Waals surface area contributed by atoms with Crippen molar-refractivity contribution in [3.05, 3.63) is 70.4 Å². The maximum Gasteiger partial charge on any atom is 0.338 e. The fourth-order valence-corrected chi connectivity index (χ4v) is 4.84. The molecule has 10 nitrogen and oxygen atoms in total. The van der Waals surface area contributed by atoms with Crippen LogP contribution in [0.3, 0.4) is 0 Å². The van der Waals surface area contributed by atoms with Crippen LogP contribution in [-0.4, -0.2) is 93.2 Å². The van der Waals surface area contributed by atoms with E-state index in [0.29, 0.717) is 66.6 Å². The first-order valence-corrected chi connectivity index (χ1v) is 13.0. The average molecular weight is 537 g/mol. The lowest BCUT2D eigenvalue weighted by atomic mass is 9.93. The quantitative estimate of drug-likeness (QED) is 0.518. The SMILES string of the molecule is CCOC(=O)C1=C(CN2CCN(C(=O)c3ccc(C)cc3)CC2)N(C)C(=O)NC1c1cc(OC)cc(OC)c1. The molecular weight excluding hydrogens is 500 g/mol. The summed E-state index contributed by atoms with van der Waals surface area (Å²) in [5, 5.41) is 2.93. The number of piperazine rings is 1. The first-order valence-electron chi connectivity index (χ1n) is 13.0. The number of likely N-dealkylation sites (N-methyl/N-ethyl adjacent to an activating group) is 1. The largest absolute Gasteiger partial charge is 0.497 e. The molecule has 1 fully saturated rings. The summed E-state index contributed by atoms with van der Waals surface area (Å²) in [7, 11) is 4.73. The predicted octanol–water partition coefficient (Wildman–Crippen LogP) is 2.98. The summed E-state index contributed by atoms with van der Waals surface area (Å²) in [6.07, 6.45) is 0. The molecule has 0 saturated carbocycles. The van der Waals surface area contributed by atoms with Gasteiger partial charge in [-0.25, -0.2) is 9.59 Å². The van der Waals surface area contributed by atoms with Crippen molar-refractivity contribution < 1.29 is 28.6 Å². The van der Waals surface area contributed by atoms with E-state index in [1.165, 1.54) is 4.90 Å². The first-order chi connectivity index (χ1) is 18.7. The van der Waals surface area contributed by atoms with Crippen molar-refractivity contribution in [2.75, 3.05) is 60.6 Å². The van der Waals surface area contributed by atoms with Crippen molar-refractivity contribution in [3.63, 3.8) is 0 Å². The Bertz CT molecular complexity index is 1230. The highest BCUT2D eigenvalue weighted by molar-refractivity contribution is 5.95. The van der Waals surface area contributed by atoms with Crippen LogP contribution in [0.15, 0.2) is 53.7 Å². The van der Waals surface area contributed by atoms with Gasteiger partial charge in [0.05, 0.1) is 32.4 Å². The van der Waals surface area contributed by atoms with Crippen LogP contribution in [0.1, 0.15) is 34.5 Å². The summed E-state index contributed by atoms with van der Waals surface area (Å²) in [4.78, 5) is 44.8. The molecule has 10 heteroatoms. The topological polar surface area (TPSA) is 101 Å². The number of aryl methyl sites for hydroxylation is 1. The number of carbonyl (C=O) groups is 3. The summed E-state index contributed by atoms with van der Waals surface area (Å²) in [6, 6.07) is 11.8. The second-order valence-corrected chi connectivity index (χ2v) is 9.60. The van der Waals surface area contributed by atoms with Crippen molar-refractivity contribution in [1.82, 2.24) is 20.0 Å². The van der Waals surface area contributed by atoms with Crippen LogP contribution < -0.4 is 14.8 Å². The molecule has 1 saturated heterocycles. The Morgan fingerprint density at radius 2 is 1.59 bits per heavy atom. The number of hydrogen-bond donors (Lipinski definition) is 1. The van der Waals surface area contributed by atoms with Crippen LogP contribution in [0.2, 0.25) is 0 Å². The number of hydrogen-bond acceptors (Lipinski definition) is 7. The van der Waals surface area contributed by atoms with Crippen molar-refractivity contribution in [1.29, 1.82) is 0 Å². The van der Waals surface area contributed by atoms with Gasteiger partial charge in [0, 0.05) is 57.1 Å². The molecule has 2 aromatic carbocycles. The van der Waals surface area contributed by atoms with E-state index in [-0.39, 0.29) is 18.5 Å². The number of nitrogens with one attached hydrogen (secondary N) is 1. The minimum absolute atomic E-state index is 0.00211. The van der Waals surface area contributed by atoms with E-state index in [2.05, 4.69) is 10.2 Å². The van der Waals surface area contributed by atoms with Crippen LogP contribution in [-0.2, 0) is 9.53 Å². The maximum atomic E-state index is 13.3. The van der Waals surface area contributed by atoms with Crippen LogP contribution in [0.5, 0.6) is 11.5 Å². The van der Waals surface area contributed by atoms with Crippen molar-refractivity contribution >= 4 is 17.9 Å². The lowest BCUT2D eigenvalue weighted by Gasteiger charge is -2.39. The third kappa shape index (κ3) is 6.17. The number of esters is 1. The molecule has 2 aromatic rings. The van der Waals surface area contributed by atoms with E-state index < -0.39 is 12.0 Å². The molecule has 4 rings (SSSR count). The lowest BCUT2D eigenvalue weighted by Crippen LogP contribution is -2.53. The molecule has 39 heavy (non-hydrogen) atoms. The molecule has 2 heterocycles. The molecule has 2 aliphatic heterocycles. The van der Waals surface area contributed by atoms with E-state index in [1.807, 2.05) is 36.1 Å². The molecule has 1 unspecified atom stereocenters. The predicted molar refractivity (Wildman–Crippen MR) is 146 cm³/mol. The van der Waals surface area contributed by atoms with E-state index in [4.69, 9.17) is 14.2 Å². The summed E-state index contributed by atoms with van der Waals surface area (Å²) < 4.78 is 16.3. The number of nitrogens with zero attached hydrogens (tertiary/aromatic N) is 3. The van der Waals surface area contributed by atoms with Gasteiger partial charge >= 0.3 is 12.0 Å². The number of carbonyl (C=O) groups excluding carboxylic acids is 3. The average Bonchev–Trinajstić information content (AvgIpc) is 2.95. The van der Waals surface area contributed by atoms with Gasteiger partial charge in [0.25, 0.3) is 5.91 Å². The van der Waals surface area contributed by atoms with Crippen LogP contribution in [0, 0.1) is 6.92 Å². The Labute approximate surface area is 229 Å². The fourth-order valence-electron chi connectivity index (χ4n) is 4.84. The smallest absolute Gasteiger partial charge is 0.338 e. The lowest BCUT2D eigenvalue weighted by molar-refractivity contribution is -0.139. The van der Waals surface area contributed by atoms with E-state index >= 15 is 0 Å². The third-order valence-electron chi connectivity index (χ3n) is 7.11. The number of urea groups is 1. The monoisotopic (exact) mass is 536 g/mol. The molecule has 0 bridgehead atoms. The molecule has 2 aliphatic rings. The second-order valence-electron chi connectivity index (χ2n) is 9.60. The number of benzene rings is 2. The van der Waals surface area contributed by atoms with Crippen LogP contribution >= 0.6 is 0 Å².